The second kappa shape index (κ2) is 6.66. The molecule has 0 N–H and O–H groups in total. The lowest BCUT2D eigenvalue weighted by Crippen LogP contribution is -2.03. The van der Waals surface area contributed by atoms with Gasteiger partial charge in [0, 0.05) is 22.9 Å². The van der Waals surface area contributed by atoms with Gasteiger partial charge >= 0.3 is 0 Å². The number of hydrogen-bond acceptors (Lipinski definition) is 2. The quantitative estimate of drug-likeness (QED) is 0.596. The maximum Gasteiger partial charge on any atom is 0.163 e. The first kappa shape index (κ1) is 14.7. The third kappa shape index (κ3) is 3.67. The van der Waals surface area contributed by atoms with Crippen LogP contribution in [-0.2, 0) is 6.42 Å². The molecule has 0 radical (unpaired) electrons. The van der Waals surface area contributed by atoms with E-state index in [0.29, 0.717) is 6.42 Å². The summed E-state index contributed by atoms with van der Waals surface area (Å²) in [7, 11) is 0. The van der Waals surface area contributed by atoms with Gasteiger partial charge in [0.1, 0.15) is 11.6 Å². The van der Waals surface area contributed by atoms with Crippen molar-refractivity contribution in [2.24, 2.45) is 0 Å². The number of rotatable bonds is 5. The Morgan fingerprint density at radius 1 is 1.10 bits per heavy atom. The van der Waals surface area contributed by atoms with Crippen LogP contribution in [0.15, 0.2) is 47.4 Å². The number of carbonyl (C=O) groups is 1. The number of hydrogen-bond donors (Lipinski definition) is 0. The minimum Gasteiger partial charge on any atom is -0.294 e. The Hall–Kier alpha value is -1.68. The monoisotopic (exact) mass is 292 g/mol. The van der Waals surface area contributed by atoms with E-state index in [4.69, 9.17) is 0 Å². The van der Waals surface area contributed by atoms with Crippen molar-refractivity contribution in [3.8, 4) is 0 Å². The van der Waals surface area contributed by atoms with Crippen LogP contribution in [0.1, 0.15) is 22.3 Å². The highest BCUT2D eigenvalue weighted by atomic mass is 32.2. The molecule has 0 aliphatic rings. The van der Waals surface area contributed by atoms with E-state index in [1.807, 2.05) is 30.5 Å². The summed E-state index contributed by atoms with van der Waals surface area (Å²) in [6, 6.07) is 10.7. The Balaban J connectivity index is 2.08. The fourth-order valence-electron chi connectivity index (χ4n) is 2.02. The van der Waals surface area contributed by atoms with Crippen molar-refractivity contribution >= 4 is 17.5 Å². The lowest BCUT2D eigenvalue weighted by atomic mass is 10.0. The van der Waals surface area contributed by atoms with Gasteiger partial charge in [0.2, 0.25) is 0 Å². The summed E-state index contributed by atoms with van der Waals surface area (Å²) >= 11 is 1.62. The summed E-state index contributed by atoms with van der Waals surface area (Å²) in [5.74, 6) is -1.70. The molecule has 0 spiro atoms. The van der Waals surface area contributed by atoms with E-state index in [1.54, 1.807) is 11.8 Å². The molecule has 0 aliphatic carbocycles. The smallest absolute Gasteiger partial charge is 0.163 e. The highest BCUT2D eigenvalue weighted by molar-refractivity contribution is 7.98. The van der Waals surface area contributed by atoms with E-state index < -0.39 is 11.6 Å². The summed E-state index contributed by atoms with van der Waals surface area (Å²) < 4.78 is 26.1. The van der Waals surface area contributed by atoms with Gasteiger partial charge in [-0.1, -0.05) is 18.2 Å². The van der Waals surface area contributed by atoms with E-state index in [1.165, 1.54) is 0 Å². The van der Waals surface area contributed by atoms with Gasteiger partial charge < -0.3 is 0 Å². The van der Waals surface area contributed by atoms with Crippen molar-refractivity contribution in [1.29, 1.82) is 0 Å². The minimum atomic E-state index is -0.724. The van der Waals surface area contributed by atoms with Gasteiger partial charge in [-0.15, -0.1) is 11.8 Å². The highest BCUT2D eigenvalue weighted by Gasteiger charge is 2.10. The summed E-state index contributed by atoms with van der Waals surface area (Å²) in [4.78, 5) is 13.1. The highest BCUT2D eigenvalue weighted by Crippen LogP contribution is 2.22. The summed E-state index contributed by atoms with van der Waals surface area (Å²) in [6.45, 7) is 0. The van der Waals surface area contributed by atoms with Gasteiger partial charge in [-0.25, -0.2) is 8.78 Å². The first-order valence-electron chi connectivity index (χ1n) is 6.21. The molecule has 0 fully saturated rings. The van der Waals surface area contributed by atoms with Crippen molar-refractivity contribution in [3.63, 3.8) is 0 Å². The second-order valence-corrected chi connectivity index (χ2v) is 5.24. The molecule has 0 saturated carbocycles. The molecule has 2 aromatic rings. The van der Waals surface area contributed by atoms with Gasteiger partial charge in [-0.3, -0.25) is 4.79 Å². The van der Waals surface area contributed by atoms with Crippen LogP contribution in [0.2, 0.25) is 0 Å². The number of thioether (sulfide) groups is 1. The van der Waals surface area contributed by atoms with Gasteiger partial charge in [0.15, 0.2) is 5.78 Å². The fraction of sp³-hybridized carbons (Fsp3) is 0.188. The average Bonchev–Trinajstić information content (AvgIpc) is 2.44. The normalized spacial score (nSPS) is 10.6. The van der Waals surface area contributed by atoms with Gasteiger partial charge in [0.05, 0.1) is 0 Å². The summed E-state index contributed by atoms with van der Waals surface area (Å²) in [6.07, 6.45) is 2.77. The van der Waals surface area contributed by atoms with Crippen LogP contribution in [0, 0.1) is 11.6 Å². The largest absolute Gasteiger partial charge is 0.294 e. The molecule has 104 valence electrons. The number of carbonyl (C=O) groups excluding carboxylic acids is 1. The van der Waals surface area contributed by atoms with Crippen molar-refractivity contribution in [3.05, 3.63) is 65.2 Å². The van der Waals surface area contributed by atoms with Crippen LogP contribution >= 0.6 is 11.8 Å². The van der Waals surface area contributed by atoms with Crippen molar-refractivity contribution in [1.82, 2.24) is 0 Å². The zero-order chi connectivity index (χ0) is 14.5. The third-order valence-electron chi connectivity index (χ3n) is 3.00. The summed E-state index contributed by atoms with van der Waals surface area (Å²) in [5, 5.41) is 0. The number of aryl methyl sites for hydroxylation is 1. The van der Waals surface area contributed by atoms with Crippen LogP contribution in [-0.4, -0.2) is 12.0 Å². The van der Waals surface area contributed by atoms with E-state index in [-0.39, 0.29) is 17.8 Å². The van der Waals surface area contributed by atoms with Crippen LogP contribution in [0.5, 0.6) is 0 Å². The number of ketones is 1. The summed E-state index contributed by atoms with van der Waals surface area (Å²) in [5.41, 5.74) is 1.16. The topological polar surface area (TPSA) is 17.1 Å². The van der Waals surface area contributed by atoms with E-state index in [0.717, 1.165) is 28.7 Å². The lowest BCUT2D eigenvalue weighted by Gasteiger charge is -2.06. The van der Waals surface area contributed by atoms with Crippen molar-refractivity contribution < 1.29 is 13.6 Å². The maximum atomic E-state index is 13.1. The van der Waals surface area contributed by atoms with Gasteiger partial charge in [0.25, 0.3) is 0 Å². The molecule has 2 aromatic carbocycles. The SMILES string of the molecule is CSc1ccccc1CCC(=O)c1cc(F)cc(F)c1. The lowest BCUT2D eigenvalue weighted by molar-refractivity contribution is 0.0981. The molecular formula is C16H14F2OS. The van der Waals surface area contributed by atoms with Crippen molar-refractivity contribution in [2.75, 3.05) is 6.26 Å². The molecule has 0 amide bonds. The molecule has 0 saturated heterocycles. The van der Waals surface area contributed by atoms with Crippen LogP contribution in [0.3, 0.4) is 0 Å². The fourth-order valence-corrected chi connectivity index (χ4v) is 2.66. The minimum absolute atomic E-state index is 0.0872. The first-order valence-corrected chi connectivity index (χ1v) is 7.44. The Bertz CT molecular complexity index is 605. The molecule has 1 nitrogen and oxygen atoms in total. The predicted octanol–water partition coefficient (Wildman–Crippen LogP) is 4.50. The van der Waals surface area contributed by atoms with Gasteiger partial charge in [-0.2, -0.15) is 0 Å². The molecule has 4 heteroatoms. The van der Waals surface area contributed by atoms with E-state index in [9.17, 15) is 13.6 Å². The molecule has 20 heavy (non-hydrogen) atoms. The van der Waals surface area contributed by atoms with Crippen LogP contribution < -0.4 is 0 Å². The molecule has 0 aromatic heterocycles. The Morgan fingerprint density at radius 3 is 2.40 bits per heavy atom. The van der Waals surface area contributed by atoms with E-state index in [2.05, 4.69) is 0 Å². The second-order valence-electron chi connectivity index (χ2n) is 4.39. The zero-order valence-electron chi connectivity index (χ0n) is 11.0. The molecule has 0 aliphatic heterocycles. The Morgan fingerprint density at radius 2 is 1.75 bits per heavy atom. The van der Waals surface area contributed by atoms with Crippen LogP contribution in [0.25, 0.3) is 0 Å². The number of Topliss-reactive ketones (excluding diaryl/α,β-unsaturated/α-hetero) is 1. The molecular weight excluding hydrogens is 278 g/mol. The van der Waals surface area contributed by atoms with E-state index >= 15 is 0 Å². The molecule has 0 atom stereocenters. The predicted molar refractivity (Wildman–Crippen MR) is 77.2 cm³/mol. The van der Waals surface area contributed by atoms with Gasteiger partial charge in [-0.05, 0) is 36.4 Å². The van der Waals surface area contributed by atoms with Crippen molar-refractivity contribution in [2.45, 2.75) is 17.7 Å². The zero-order valence-corrected chi connectivity index (χ0v) is 11.8. The number of halogens is 2. The molecule has 2 rings (SSSR count). The number of benzene rings is 2. The maximum absolute atomic E-state index is 13.1. The molecule has 0 heterocycles. The first-order chi connectivity index (χ1) is 9.60. The Labute approximate surface area is 121 Å². The standard InChI is InChI=1S/C16H14F2OS/c1-20-16-5-3-2-4-11(16)6-7-15(19)12-8-13(17)10-14(18)9-12/h2-5,8-10H,6-7H2,1H3. The third-order valence-corrected chi connectivity index (χ3v) is 3.84. The average molecular weight is 292 g/mol. The molecule has 0 bridgehead atoms. The Kier molecular flexibility index (Phi) is 4.90. The molecule has 0 unspecified atom stereocenters. The van der Waals surface area contributed by atoms with Crippen LogP contribution in [0.4, 0.5) is 8.78 Å².